The van der Waals surface area contributed by atoms with Gasteiger partial charge in [-0.3, -0.25) is 0 Å². The minimum Gasteiger partial charge on any atom is -0.0775 e. The van der Waals surface area contributed by atoms with E-state index in [1.165, 1.54) is 0 Å². The molecule has 0 N–H and O–H groups in total. The van der Waals surface area contributed by atoms with Gasteiger partial charge in [0.25, 0.3) is 0 Å². The zero-order chi connectivity index (χ0) is 9.90. The number of rotatable bonds is 0. The van der Waals surface area contributed by atoms with E-state index in [9.17, 15) is 0 Å². The lowest BCUT2D eigenvalue weighted by molar-refractivity contribution is 1.76. The molecule has 0 spiro atoms. The summed E-state index contributed by atoms with van der Waals surface area (Å²) in [5, 5.41) is 2.10. The van der Waals surface area contributed by atoms with Gasteiger partial charge in [-0.15, -0.1) is 0 Å². The molecular weight excluding hydrogens is 309 g/mol. The van der Waals surface area contributed by atoms with Crippen molar-refractivity contribution in [1.82, 2.24) is 0 Å². The molecule has 0 atom stereocenters. The maximum absolute atomic E-state index is 2.17. The van der Waals surface area contributed by atoms with Crippen molar-refractivity contribution in [3.8, 4) is 0 Å². The van der Waals surface area contributed by atoms with Crippen LogP contribution in [0.2, 0.25) is 0 Å². The summed E-state index contributed by atoms with van der Waals surface area (Å²) in [5.41, 5.74) is 0. The molecule has 0 radical (unpaired) electrons. The second kappa shape index (κ2) is 11.2. The van der Waals surface area contributed by atoms with Crippen molar-refractivity contribution in [2.75, 3.05) is 5.75 Å². The molecule has 1 aliphatic heterocycles. The zero-order valence-corrected chi connectivity index (χ0v) is 12.7. The Bertz CT molecular complexity index is 188. The van der Waals surface area contributed by atoms with Crippen LogP contribution in [0.4, 0.5) is 0 Å². The molecule has 0 saturated carbocycles. The lowest BCUT2D eigenvalue weighted by Gasteiger charge is -1.95. The predicted octanol–water partition coefficient (Wildman–Crippen LogP) is 6.25. The maximum Gasteiger partial charge on any atom is 0.0229 e. The third kappa shape index (κ3) is 8.94. The first-order valence-electron chi connectivity index (χ1n) is 3.60. The number of hydrogen-bond donors (Lipinski definition) is 0. The van der Waals surface area contributed by atoms with Gasteiger partial charge in [-0.25, -0.2) is 0 Å². The molecule has 0 nitrogen and oxygen atoms in total. The first-order valence-corrected chi connectivity index (χ1v) is 12.6. The average Bonchev–Trinajstić information content (AvgIpc) is 2.22. The fourth-order valence-corrected chi connectivity index (χ4v) is 13.7. The van der Waals surface area contributed by atoms with Crippen molar-refractivity contribution >= 4 is 70.7 Å². The van der Waals surface area contributed by atoms with Crippen LogP contribution in [0.15, 0.2) is 35.8 Å². The number of hydrogen-bond acceptors (Lipinski definition) is 7. The van der Waals surface area contributed by atoms with E-state index in [0.717, 1.165) is 5.75 Å². The quantitative estimate of drug-likeness (QED) is 0.478. The normalized spacial score (nSPS) is 27.4. The van der Waals surface area contributed by atoms with Crippen molar-refractivity contribution in [3.05, 3.63) is 35.8 Å². The monoisotopic (exact) mass is 316 g/mol. The van der Waals surface area contributed by atoms with Gasteiger partial charge in [0.15, 0.2) is 0 Å². The van der Waals surface area contributed by atoms with Gasteiger partial charge in [0, 0.05) is 5.75 Å². The smallest absolute Gasteiger partial charge is 0.0229 e. The van der Waals surface area contributed by atoms with Gasteiger partial charge < -0.3 is 0 Å². The third-order valence-corrected chi connectivity index (χ3v) is 13.5. The molecular formula is C7H8S7. The van der Waals surface area contributed by atoms with Gasteiger partial charge in [0.05, 0.1) is 0 Å². The van der Waals surface area contributed by atoms with Crippen LogP contribution in [-0.2, 0) is 0 Å². The summed E-state index contributed by atoms with van der Waals surface area (Å²) in [6.07, 6.45) is 10.4. The van der Waals surface area contributed by atoms with Crippen molar-refractivity contribution < 1.29 is 0 Å². The van der Waals surface area contributed by atoms with E-state index < -0.39 is 0 Å². The van der Waals surface area contributed by atoms with Crippen molar-refractivity contribution in [3.63, 3.8) is 0 Å². The number of allylic oxidation sites excluding steroid dienone is 4. The Labute approximate surface area is 111 Å². The molecule has 78 valence electrons. The second-order valence-electron chi connectivity index (χ2n) is 1.86. The van der Waals surface area contributed by atoms with Gasteiger partial charge >= 0.3 is 0 Å². The summed E-state index contributed by atoms with van der Waals surface area (Å²) in [7, 11) is 12.7. The van der Waals surface area contributed by atoms with Gasteiger partial charge in [0.1, 0.15) is 0 Å². The highest BCUT2D eigenvalue weighted by Crippen LogP contribution is 2.55. The van der Waals surface area contributed by atoms with E-state index >= 15 is 0 Å². The van der Waals surface area contributed by atoms with Gasteiger partial charge in [-0.2, -0.15) is 0 Å². The van der Waals surface area contributed by atoms with E-state index in [4.69, 9.17) is 0 Å². The van der Waals surface area contributed by atoms with Gasteiger partial charge in [-0.1, -0.05) is 52.0 Å². The second-order valence-corrected chi connectivity index (χ2v) is 13.0. The largest absolute Gasteiger partial charge is 0.0775 e. The highest BCUT2D eigenvalue weighted by atomic mass is 33.9. The van der Waals surface area contributed by atoms with Crippen LogP contribution in [0.5, 0.6) is 0 Å². The van der Waals surface area contributed by atoms with E-state index in [0.29, 0.717) is 0 Å². The van der Waals surface area contributed by atoms with Crippen molar-refractivity contribution in [1.29, 1.82) is 0 Å². The Morgan fingerprint density at radius 2 is 1.50 bits per heavy atom. The summed E-state index contributed by atoms with van der Waals surface area (Å²) in [4.78, 5) is 0. The molecule has 0 saturated heterocycles. The Morgan fingerprint density at radius 3 is 2.50 bits per heavy atom. The Hall–Kier alpha value is 1.67. The van der Waals surface area contributed by atoms with Crippen molar-refractivity contribution in [2.24, 2.45) is 0 Å². The lowest BCUT2D eigenvalue weighted by Crippen LogP contribution is -1.61. The van der Waals surface area contributed by atoms with Crippen LogP contribution in [0, 0.1) is 0 Å². The molecule has 14 heavy (non-hydrogen) atoms. The van der Waals surface area contributed by atoms with Crippen molar-refractivity contribution in [2.45, 2.75) is 0 Å². The molecule has 7 heteroatoms. The lowest BCUT2D eigenvalue weighted by atomic mass is 10.4. The summed E-state index contributed by atoms with van der Waals surface area (Å²) < 4.78 is 0. The summed E-state index contributed by atoms with van der Waals surface area (Å²) in [6.45, 7) is 0. The fourth-order valence-electron chi connectivity index (χ4n) is 0.499. The molecule has 0 aromatic rings. The van der Waals surface area contributed by atoms with E-state index in [-0.39, 0.29) is 0 Å². The first-order chi connectivity index (χ1) is 7.00. The third-order valence-electron chi connectivity index (χ3n) is 0.966. The molecule has 0 aliphatic carbocycles. The van der Waals surface area contributed by atoms with E-state index in [2.05, 4.69) is 35.8 Å². The minimum absolute atomic E-state index is 1.07. The average molecular weight is 317 g/mol. The van der Waals surface area contributed by atoms with Crippen LogP contribution in [0.3, 0.4) is 0 Å². The minimum atomic E-state index is 1.07. The van der Waals surface area contributed by atoms with Crippen LogP contribution >= 0.6 is 70.7 Å². The maximum atomic E-state index is 2.17. The summed E-state index contributed by atoms with van der Waals surface area (Å²) in [5.74, 6) is 1.07. The van der Waals surface area contributed by atoms with E-state index in [1.54, 1.807) is 20.6 Å². The van der Waals surface area contributed by atoms with Gasteiger partial charge in [-0.05, 0) is 54.5 Å². The highest BCUT2D eigenvalue weighted by molar-refractivity contribution is 9.46. The SMILES string of the molecule is C1=C\C=C\SSSSSSSC/C=C/1. The molecule has 1 aliphatic rings. The molecule has 0 aromatic carbocycles. The fraction of sp³-hybridized carbons (Fsp3) is 0.143. The Morgan fingerprint density at radius 1 is 0.714 bits per heavy atom. The first kappa shape index (κ1) is 13.7. The summed E-state index contributed by atoms with van der Waals surface area (Å²) in [6, 6.07) is 0. The highest BCUT2D eigenvalue weighted by Gasteiger charge is 1.93. The molecule has 0 aromatic heterocycles. The summed E-state index contributed by atoms with van der Waals surface area (Å²) >= 11 is 0. The Kier molecular flexibility index (Phi) is 11.0. The van der Waals surface area contributed by atoms with Crippen LogP contribution in [-0.4, -0.2) is 5.75 Å². The predicted molar refractivity (Wildman–Crippen MR) is 85.4 cm³/mol. The topological polar surface area (TPSA) is 0 Å². The van der Waals surface area contributed by atoms with Crippen LogP contribution in [0.25, 0.3) is 0 Å². The zero-order valence-electron chi connectivity index (χ0n) is 7.03. The molecule has 0 fully saturated rings. The molecule has 0 amide bonds. The van der Waals surface area contributed by atoms with Gasteiger partial charge in [0.2, 0.25) is 0 Å². The molecule has 0 unspecified atom stereocenters. The van der Waals surface area contributed by atoms with Crippen LogP contribution < -0.4 is 0 Å². The molecule has 0 bridgehead atoms. The van der Waals surface area contributed by atoms with E-state index in [1.807, 2.05) is 50.1 Å². The Balaban J connectivity index is 2.27. The molecule has 1 heterocycles. The van der Waals surface area contributed by atoms with Crippen LogP contribution in [0.1, 0.15) is 0 Å². The molecule has 1 rings (SSSR count). The standard InChI is InChI=1S/C7H8S7/c1-2-4-6-8-10-12-14-13-11-9-7-5-3-1/h1-6H,7H2/b2-1-,5-3+,6-4+.